The van der Waals surface area contributed by atoms with Crippen LogP contribution in [0.15, 0.2) is 47.3 Å². The molecule has 3 aromatic rings. The third kappa shape index (κ3) is 5.13. The first-order valence-electron chi connectivity index (χ1n) is 9.71. The van der Waals surface area contributed by atoms with Crippen molar-refractivity contribution in [2.75, 3.05) is 11.9 Å². The molecule has 158 valence electrons. The summed E-state index contributed by atoms with van der Waals surface area (Å²) in [4.78, 5) is 29.8. The van der Waals surface area contributed by atoms with Crippen LogP contribution in [0, 0.1) is 0 Å². The number of carbonyl (C=O) groups excluding carboxylic acids is 1. The number of hydrogen-bond acceptors (Lipinski definition) is 6. The smallest absolute Gasteiger partial charge is 0.267 e. The van der Waals surface area contributed by atoms with Crippen LogP contribution in [0.25, 0.3) is 21.8 Å². The molecule has 1 aliphatic rings. The molecule has 1 fully saturated rings. The van der Waals surface area contributed by atoms with E-state index < -0.39 is 0 Å². The quantitative estimate of drug-likeness (QED) is 0.578. The normalized spacial score (nSPS) is 13.2. The van der Waals surface area contributed by atoms with Gasteiger partial charge in [-0.25, -0.2) is 9.67 Å². The van der Waals surface area contributed by atoms with Crippen LogP contribution in [0.2, 0.25) is 0 Å². The fraction of sp³-hybridized carbons (Fsp3) is 0.333. The Kier molecular flexibility index (Phi) is 7.02. The summed E-state index contributed by atoms with van der Waals surface area (Å²) in [6.45, 7) is 4.11. The molecule has 1 saturated carbocycles. The molecule has 1 amide bonds. The van der Waals surface area contributed by atoms with Crippen LogP contribution in [-0.4, -0.2) is 33.3 Å². The molecule has 4 rings (SSSR count). The van der Waals surface area contributed by atoms with Gasteiger partial charge in [-0.3, -0.25) is 9.59 Å². The number of halogens is 1. The Bertz CT molecular complexity index is 1080. The van der Waals surface area contributed by atoms with Gasteiger partial charge in [0.15, 0.2) is 5.13 Å². The molecule has 1 aromatic carbocycles. The van der Waals surface area contributed by atoms with Gasteiger partial charge in [0.05, 0.1) is 23.2 Å². The fourth-order valence-electron chi connectivity index (χ4n) is 2.94. The summed E-state index contributed by atoms with van der Waals surface area (Å²) in [6.07, 6.45) is 2.26. The van der Waals surface area contributed by atoms with Crippen LogP contribution in [-0.2, 0) is 4.79 Å². The maximum Gasteiger partial charge on any atom is 0.267 e. The molecule has 2 aromatic heterocycles. The summed E-state index contributed by atoms with van der Waals surface area (Å²) in [5.41, 5.74) is 2.18. The number of anilines is 1. The Morgan fingerprint density at radius 2 is 1.93 bits per heavy atom. The lowest BCUT2D eigenvalue weighted by Gasteiger charge is -2.09. The van der Waals surface area contributed by atoms with Crippen molar-refractivity contribution in [1.82, 2.24) is 20.1 Å². The van der Waals surface area contributed by atoms with Crippen LogP contribution in [0.3, 0.4) is 0 Å². The minimum Gasteiger partial charge on any atom is -0.306 e. The number of rotatable bonds is 7. The number of amides is 1. The van der Waals surface area contributed by atoms with Crippen molar-refractivity contribution in [3.63, 3.8) is 0 Å². The predicted molar refractivity (Wildman–Crippen MR) is 122 cm³/mol. The van der Waals surface area contributed by atoms with Gasteiger partial charge >= 0.3 is 0 Å². The van der Waals surface area contributed by atoms with E-state index in [0.717, 1.165) is 29.0 Å². The van der Waals surface area contributed by atoms with Crippen molar-refractivity contribution in [1.29, 1.82) is 0 Å². The Morgan fingerprint density at radius 3 is 2.60 bits per heavy atom. The van der Waals surface area contributed by atoms with Crippen LogP contribution >= 0.6 is 23.7 Å². The minimum atomic E-state index is -0.144. The first kappa shape index (κ1) is 22.1. The van der Waals surface area contributed by atoms with Gasteiger partial charge < -0.3 is 10.6 Å². The molecule has 0 radical (unpaired) electrons. The van der Waals surface area contributed by atoms with Crippen molar-refractivity contribution in [2.45, 2.75) is 38.8 Å². The second-order valence-electron chi connectivity index (χ2n) is 7.36. The second kappa shape index (κ2) is 9.51. The zero-order chi connectivity index (χ0) is 20.4. The zero-order valence-electron chi connectivity index (χ0n) is 16.8. The van der Waals surface area contributed by atoms with E-state index in [4.69, 9.17) is 0 Å². The lowest BCUT2D eigenvalue weighted by atomic mass is 10.1. The predicted octanol–water partition coefficient (Wildman–Crippen LogP) is 3.73. The molecule has 0 bridgehead atoms. The van der Waals surface area contributed by atoms with Crippen molar-refractivity contribution < 1.29 is 4.79 Å². The van der Waals surface area contributed by atoms with Gasteiger partial charge in [0.2, 0.25) is 5.91 Å². The van der Waals surface area contributed by atoms with Crippen LogP contribution < -0.4 is 16.2 Å². The molecular formula is C21H24ClN5O2S. The van der Waals surface area contributed by atoms with E-state index in [1.807, 2.05) is 44.2 Å². The van der Waals surface area contributed by atoms with E-state index in [9.17, 15) is 9.59 Å². The number of carbonyl (C=O) groups is 1. The van der Waals surface area contributed by atoms with Crippen LogP contribution in [0.1, 0.15) is 32.7 Å². The van der Waals surface area contributed by atoms with Gasteiger partial charge in [-0.1, -0.05) is 41.7 Å². The molecule has 0 saturated heterocycles. The van der Waals surface area contributed by atoms with Crippen molar-refractivity contribution in [3.05, 3.63) is 52.8 Å². The summed E-state index contributed by atoms with van der Waals surface area (Å²) in [7, 11) is 0. The van der Waals surface area contributed by atoms with Crippen molar-refractivity contribution >= 4 is 34.8 Å². The number of thiazole rings is 1. The van der Waals surface area contributed by atoms with Gasteiger partial charge in [0, 0.05) is 17.7 Å². The number of hydrogen-bond donors (Lipinski definition) is 2. The highest BCUT2D eigenvalue weighted by molar-refractivity contribution is 7.19. The summed E-state index contributed by atoms with van der Waals surface area (Å²) < 4.78 is 1.46. The number of aromatic nitrogens is 3. The SMILES string of the molecule is CC(C)n1nc(-c2sc(NC(=O)CNC3CC3)nc2-c2ccccc2)ccc1=O.Cl. The maximum absolute atomic E-state index is 12.3. The topological polar surface area (TPSA) is 88.9 Å². The number of nitrogens with zero attached hydrogens (tertiary/aromatic N) is 3. The van der Waals surface area contributed by atoms with E-state index in [1.165, 1.54) is 22.1 Å². The second-order valence-corrected chi connectivity index (χ2v) is 8.36. The van der Waals surface area contributed by atoms with E-state index in [-0.39, 0.29) is 36.5 Å². The third-order valence-corrected chi connectivity index (χ3v) is 5.59. The monoisotopic (exact) mass is 445 g/mol. The standard InChI is InChI=1S/C21H23N5O2S.ClH/c1-13(2)26-18(28)11-10-16(25-26)20-19(14-6-4-3-5-7-14)24-21(29-20)23-17(27)12-22-15-8-9-15;/h3-7,10-11,13,15,22H,8-9,12H2,1-2H3,(H,23,24,27);1H. The van der Waals surface area contributed by atoms with Crippen molar-refractivity contribution in [3.8, 4) is 21.8 Å². The zero-order valence-corrected chi connectivity index (χ0v) is 18.4. The molecule has 9 heteroatoms. The van der Waals surface area contributed by atoms with Crippen LogP contribution in [0.4, 0.5) is 5.13 Å². The highest BCUT2D eigenvalue weighted by atomic mass is 35.5. The van der Waals surface area contributed by atoms with Gasteiger partial charge in [-0.05, 0) is 32.8 Å². The number of nitrogens with one attached hydrogen (secondary N) is 2. The van der Waals surface area contributed by atoms with E-state index >= 15 is 0 Å². The Balaban J connectivity index is 0.00000256. The van der Waals surface area contributed by atoms with Crippen molar-refractivity contribution in [2.24, 2.45) is 0 Å². The van der Waals surface area contributed by atoms with Crippen LogP contribution in [0.5, 0.6) is 0 Å². The first-order chi connectivity index (χ1) is 14.0. The largest absolute Gasteiger partial charge is 0.306 e. The van der Waals surface area contributed by atoms with E-state index in [2.05, 4.69) is 20.7 Å². The molecule has 30 heavy (non-hydrogen) atoms. The summed E-state index contributed by atoms with van der Waals surface area (Å²) in [6, 6.07) is 13.4. The molecule has 2 N–H and O–H groups in total. The molecule has 1 aliphatic carbocycles. The third-order valence-electron chi connectivity index (χ3n) is 4.60. The average molecular weight is 446 g/mol. The lowest BCUT2D eigenvalue weighted by molar-refractivity contribution is -0.115. The number of benzene rings is 1. The van der Waals surface area contributed by atoms with Gasteiger partial charge in [0.1, 0.15) is 5.69 Å². The molecule has 2 heterocycles. The maximum atomic E-state index is 12.3. The highest BCUT2D eigenvalue weighted by Gasteiger charge is 2.22. The molecule has 0 aliphatic heterocycles. The minimum absolute atomic E-state index is 0. The van der Waals surface area contributed by atoms with E-state index in [1.54, 1.807) is 6.07 Å². The first-order valence-corrected chi connectivity index (χ1v) is 10.5. The average Bonchev–Trinajstić information content (AvgIpc) is 3.46. The molecular weight excluding hydrogens is 422 g/mol. The summed E-state index contributed by atoms with van der Waals surface area (Å²) >= 11 is 1.36. The highest BCUT2D eigenvalue weighted by Crippen LogP contribution is 2.37. The molecule has 0 spiro atoms. The Morgan fingerprint density at radius 1 is 1.20 bits per heavy atom. The Hall–Kier alpha value is -2.55. The Labute approximate surface area is 185 Å². The van der Waals surface area contributed by atoms with Gasteiger partial charge in [-0.15, -0.1) is 12.4 Å². The lowest BCUT2D eigenvalue weighted by Crippen LogP contribution is -2.29. The molecule has 7 nitrogen and oxygen atoms in total. The van der Waals surface area contributed by atoms with Gasteiger partial charge in [0.25, 0.3) is 5.56 Å². The summed E-state index contributed by atoms with van der Waals surface area (Å²) in [5.74, 6) is -0.114. The molecule has 0 atom stereocenters. The molecule has 0 unspecified atom stereocenters. The summed E-state index contributed by atoms with van der Waals surface area (Å²) in [5, 5.41) is 11.1. The fourth-order valence-corrected chi connectivity index (χ4v) is 3.91. The van der Waals surface area contributed by atoms with E-state index in [0.29, 0.717) is 16.9 Å². The van der Waals surface area contributed by atoms with Gasteiger partial charge in [-0.2, -0.15) is 5.10 Å².